The van der Waals surface area contributed by atoms with Crippen LogP contribution in [0.5, 0.6) is 0 Å². The molecular weight excluding hydrogens is 460 g/mol. The molecular formula is C23H21ClN6O4. The Morgan fingerprint density at radius 3 is 2.56 bits per heavy atom. The lowest BCUT2D eigenvalue weighted by molar-refractivity contribution is -0.116. The van der Waals surface area contributed by atoms with Crippen molar-refractivity contribution in [2.45, 2.75) is 26.7 Å². The molecule has 10 nitrogen and oxygen atoms in total. The molecule has 0 saturated heterocycles. The zero-order valence-corrected chi connectivity index (χ0v) is 19.5. The van der Waals surface area contributed by atoms with E-state index >= 15 is 0 Å². The fourth-order valence-corrected chi connectivity index (χ4v) is 3.43. The highest BCUT2D eigenvalue weighted by molar-refractivity contribution is 6.30. The Morgan fingerprint density at radius 2 is 1.85 bits per heavy atom. The number of halogens is 1. The van der Waals surface area contributed by atoms with Crippen molar-refractivity contribution in [1.29, 1.82) is 0 Å². The Balaban J connectivity index is 1.53. The van der Waals surface area contributed by atoms with Gasteiger partial charge in [0.1, 0.15) is 0 Å². The first kappa shape index (κ1) is 23.1. The molecule has 0 bridgehead atoms. The molecule has 0 saturated carbocycles. The van der Waals surface area contributed by atoms with Gasteiger partial charge in [0.2, 0.25) is 17.6 Å². The predicted octanol–water partition coefficient (Wildman–Crippen LogP) is 2.82. The van der Waals surface area contributed by atoms with Crippen LogP contribution in [-0.2, 0) is 18.3 Å². The highest BCUT2D eigenvalue weighted by atomic mass is 35.5. The molecule has 2 aromatic heterocycles. The quantitative estimate of drug-likeness (QED) is 0.449. The van der Waals surface area contributed by atoms with Gasteiger partial charge in [0.05, 0.1) is 5.69 Å². The van der Waals surface area contributed by atoms with Crippen molar-refractivity contribution in [3.63, 3.8) is 0 Å². The Morgan fingerprint density at radius 1 is 1.12 bits per heavy atom. The van der Waals surface area contributed by atoms with Crippen LogP contribution >= 0.6 is 11.6 Å². The number of amides is 1. The zero-order valence-electron chi connectivity index (χ0n) is 18.7. The molecule has 4 aromatic rings. The molecule has 0 aliphatic heterocycles. The Kier molecular flexibility index (Phi) is 6.42. The van der Waals surface area contributed by atoms with Crippen molar-refractivity contribution in [3.05, 3.63) is 85.3 Å². The molecule has 0 atom stereocenters. The Bertz CT molecular complexity index is 1490. The summed E-state index contributed by atoms with van der Waals surface area (Å²) in [5, 5.41) is 11.3. The van der Waals surface area contributed by atoms with Crippen LogP contribution in [0.25, 0.3) is 17.2 Å². The van der Waals surface area contributed by atoms with E-state index < -0.39 is 11.2 Å². The minimum Gasteiger partial charge on any atom is -0.339 e. The van der Waals surface area contributed by atoms with Gasteiger partial charge in [-0.3, -0.25) is 14.2 Å². The van der Waals surface area contributed by atoms with E-state index in [1.165, 1.54) is 7.05 Å². The fraction of sp³-hybridized carbons (Fsp3) is 0.217. The first-order valence-corrected chi connectivity index (χ1v) is 10.8. The highest BCUT2D eigenvalue weighted by Gasteiger charge is 2.19. The van der Waals surface area contributed by atoms with Crippen LogP contribution in [-0.4, -0.2) is 30.4 Å². The molecule has 4 rings (SSSR count). The summed E-state index contributed by atoms with van der Waals surface area (Å²) in [6.07, 6.45) is 0.269. The predicted molar refractivity (Wildman–Crippen MR) is 126 cm³/mol. The maximum atomic E-state index is 12.6. The van der Waals surface area contributed by atoms with Gasteiger partial charge < -0.3 is 9.84 Å². The molecule has 34 heavy (non-hydrogen) atoms. The second kappa shape index (κ2) is 9.44. The third-order valence-electron chi connectivity index (χ3n) is 5.15. The van der Waals surface area contributed by atoms with Crippen LogP contribution in [0.1, 0.15) is 23.4 Å². The first-order chi connectivity index (χ1) is 16.2. The van der Waals surface area contributed by atoms with Crippen molar-refractivity contribution in [3.8, 4) is 17.2 Å². The van der Waals surface area contributed by atoms with Crippen LogP contribution in [0.3, 0.4) is 0 Å². The lowest BCUT2D eigenvalue weighted by Crippen LogP contribution is -2.40. The third kappa shape index (κ3) is 4.81. The first-order valence-electron chi connectivity index (χ1n) is 10.4. The summed E-state index contributed by atoms with van der Waals surface area (Å²) >= 11 is 5.91. The van der Waals surface area contributed by atoms with Crippen molar-refractivity contribution < 1.29 is 9.32 Å². The normalized spacial score (nSPS) is 10.9. The molecule has 11 heteroatoms. The van der Waals surface area contributed by atoms with Gasteiger partial charge in [-0.2, -0.15) is 14.8 Å². The summed E-state index contributed by atoms with van der Waals surface area (Å²) in [5.74, 6) is -0.121. The Hall–Kier alpha value is -4.05. The number of benzene rings is 2. The number of aromatic nitrogens is 5. The molecule has 1 amide bonds. The zero-order chi connectivity index (χ0) is 24.4. The maximum absolute atomic E-state index is 12.6. The van der Waals surface area contributed by atoms with Crippen molar-refractivity contribution in [2.24, 2.45) is 7.05 Å². The molecule has 0 aliphatic carbocycles. The molecule has 0 unspecified atom stereocenters. The molecule has 1 N–H and O–H groups in total. The van der Waals surface area contributed by atoms with E-state index in [-0.39, 0.29) is 36.2 Å². The number of aryl methyl sites for hydroxylation is 3. The highest BCUT2D eigenvalue weighted by Crippen LogP contribution is 2.17. The standard InChI is InChI=1S/C23H21ClN6O4/c1-13-4-9-17(14(2)12-13)25-18(31)10-11-19-26-21(28-34-19)20-22(32)29(3)23(33)30(27-20)16-7-5-15(24)6-8-16/h4-9,12H,10-11H2,1-3H3,(H,25,31). The number of nitrogens with zero attached hydrogens (tertiary/aromatic N) is 5. The largest absolute Gasteiger partial charge is 0.351 e. The van der Waals surface area contributed by atoms with Crippen LogP contribution in [0.4, 0.5) is 5.69 Å². The summed E-state index contributed by atoms with van der Waals surface area (Å²) in [6, 6.07) is 12.2. The summed E-state index contributed by atoms with van der Waals surface area (Å²) in [7, 11) is 1.33. The van der Waals surface area contributed by atoms with Crippen molar-refractivity contribution >= 4 is 23.2 Å². The number of carbonyl (C=O) groups is 1. The number of hydrogen-bond donors (Lipinski definition) is 1. The van der Waals surface area contributed by atoms with Gasteiger partial charge in [-0.25, -0.2) is 4.79 Å². The minimum absolute atomic E-state index is 0.0758. The lowest BCUT2D eigenvalue weighted by Gasteiger charge is -2.08. The van der Waals surface area contributed by atoms with E-state index in [9.17, 15) is 14.4 Å². The number of hydrogen-bond acceptors (Lipinski definition) is 7. The van der Waals surface area contributed by atoms with E-state index in [1.54, 1.807) is 24.3 Å². The number of carbonyl (C=O) groups excluding carboxylic acids is 1. The van der Waals surface area contributed by atoms with Crippen LogP contribution < -0.4 is 16.6 Å². The molecule has 2 aromatic carbocycles. The monoisotopic (exact) mass is 480 g/mol. The summed E-state index contributed by atoms with van der Waals surface area (Å²) in [5.41, 5.74) is 1.75. The van der Waals surface area contributed by atoms with Gasteiger partial charge in [0.15, 0.2) is 5.69 Å². The average Bonchev–Trinajstić information content (AvgIpc) is 3.28. The Labute approximate surface area is 198 Å². The summed E-state index contributed by atoms with van der Waals surface area (Å²) in [4.78, 5) is 41.7. The van der Waals surface area contributed by atoms with E-state index in [0.717, 1.165) is 26.1 Å². The van der Waals surface area contributed by atoms with E-state index in [1.807, 2.05) is 32.0 Å². The van der Waals surface area contributed by atoms with Gasteiger partial charge in [-0.05, 0) is 49.7 Å². The average molecular weight is 481 g/mol. The maximum Gasteiger partial charge on any atom is 0.351 e. The molecule has 0 fully saturated rings. The molecule has 0 aliphatic rings. The van der Waals surface area contributed by atoms with Crippen LogP contribution in [0, 0.1) is 13.8 Å². The molecule has 2 heterocycles. The van der Waals surface area contributed by atoms with Gasteiger partial charge in [0.25, 0.3) is 5.56 Å². The fourth-order valence-electron chi connectivity index (χ4n) is 3.30. The minimum atomic E-state index is -0.671. The van der Waals surface area contributed by atoms with Crippen molar-refractivity contribution in [1.82, 2.24) is 24.5 Å². The lowest BCUT2D eigenvalue weighted by atomic mass is 10.1. The van der Waals surface area contributed by atoms with E-state index in [2.05, 4.69) is 20.6 Å². The van der Waals surface area contributed by atoms with Crippen LogP contribution in [0.15, 0.2) is 56.6 Å². The number of nitrogens with one attached hydrogen (secondary N) is 1. The SMILES string of the molecule is Cc1ccc(NC(=O)CCc2nc(-c3nn(-c4ccc(Cl)cc4)c(=O)n(C)c3=O)no2)c(C)c1. The van der Waals surface area contributed by atoms with Gasteiger partial charge in [-0.15, -0.1) is 0 Å². The van der Waals surface area contributed by atoms with E-state index in [4.69, 9.17) is 16.1 Å². The number of anilines is 1. The summed E-state index contributed by atoms with van der Waals surface area (Å²) in [6.45, 7) is 3.90. The molecule has 0 radical (unpaired) electrons. The topological polar surface area (TPSA) is 125 Å². The molecule has 0 spiro atoms. The molecule has 174 valence electrons. The summed E-state index contributed by atoms with van der Waals surface area (Å²) < 4.78 is 7.17. The second-order valence-electron chi connectivity index (χ2n) is 7.76. The second-order valence-corrected chi connectivity index (χ2v) is 8.20. The van der Waals surface area contributed by atoms with Gasteiger partial charge >= 0.3 is 5.69 Å². The van der Waals surface area contributed by atoms with E-state index in [0.29, 0.717) is 10.7 Å². The number of rotatable bonds is 6. The smallest absolute Gasteiger partial charge is 0.339 e. The van der Waals surface area contributed by atoms with Gasteiger partial charge in [0, 0.05) is 30.6 Å². The van der Waals surface area contributed by atoms with Crippen molar-refractivity contribution in [2.75, 3.05) is 5.32 Å². The third-order valence-corrected chi connectivity index (χ3v) is 5.40. The van der Waals surface area contributed by atoms with Crippen LogP contribution in [0.2, 0.25) is 5.02 Å². The van der Waals surface area contributed by atoms with Gasteiger partial charge in [-0.1, -0.05) is 34.5 Å².